The van der Waals surface area contributed by atoms with E-state index in [-0.39, 0.29) is 18.1 Å². The lowest BCUT2D eigenvalue weighted by Gasteiger charge is -2.15. The predicted octanol–water partition coefficient (Wildman–Crippen LogP) is 2.21. The summed E-state index contributed by atoms with van der Waals surface area (Å²) in [5.74, 6) is -0.990. The van der Waals surface area contributed by atoms with Gasteiger partial charge in [-0.05, 0) is 29.8 Å². The van der Waals surface area contributed by atoms with Crippen LogP contribution in [0.2, 0.25) is 0 Å². The van der Waals surface area contributed by atoms with Crippen molar-refractivity contribution >= 4 is 34.9 Å². The first-order valence-electron chi connectivity index (χ1n) is 8.00. The van der Waals surface area contributed by atoms with E-state index in [2.05, 4.69) is 20.2 Å². The number of halogens is 1. The summed E-state index contributed by atoms with van der Waals surface area (Å²) in [6.07, 6.45) is 4.79. The first kappa shape index (κ1) is 16.6. The summed E-state index contributed by atoms with van der Waals surface area (Å²) >= 11 is 0. The van der Waals surface area contributed by atoms with E-state index in [1.54, 1.807) is 36.7 Å². The average Bonchev–Trinajstić information content (AvgIpc) is 3.33. The van der Waals surface area contributed by atoms with Crippen molar-refractivity contribution in [3.05, 3.63) is 66.5 Å². The minimum absolute atomic E-state index is 0.122. The van der Waals surface area contributed by atoms with Gasteiger partial charge in [0.15, 0.2) is 0 Å². The third kappa shape index (κ3) is 3.06. The molecule has 0 aliphatic carbocycles. The Morgan fingerprint density at radius 3 is 2.74 bits per heavy atom. The molecule has 0 saturated carbocycles. The van der Waals surface area contributed by atoms with E-state index in [9.17, 15) is 14.0 Å². The van der Waals surface area contributed by atoms with Crippen molar-refractivity contribution in [2.24, 2.45) is 0 Å². The van der Waals surface area contributed by atoms with E-state index in [4.69, 9.17) is 0 Å². The standard InChI is InChI=1S/C18H13FN6O2/c19-13-5-3-12(4-6-13)8-24-9-15(14-2-1-7-20-17(14)24)25(16(27)10-26)18-21-11-22-23-18/h1-7,9-11H,8H2,(H,21,22,23). The number of rotatable bonds is 5. The van der Waals surface area contributed by atoms with Crippen LogP contribution in [0.25, 0.3) is 11.0 Å². The average molecular weight is 364 g/mol. The van der Waals surface area contributed by atoms with Crippen molar-refractivity contribution in [1.29, 1.82) is 0 Å². The van der Waals surface area contributed by atoms with E-state index < -0.39 is 5.91 Å². The number of anilines is 2. The quantitative estimate of drug-likeness (QED) is 0.433. The molecule has 4 rings (SSSR count). The van der Waals surface area contributed by atoms with Crippen molar-refractivity contribution in [2.45, 2.75) is 6.54 Å². The van der Waals surface area contributed by atoms with Crippen LogP contribution in [0.4, 0.5) is 16.0 Å². The summed E-state index contributed by atoms with van der Waals surface area (Å²) in [6.45, 7) is 0.410. The second kappa shape index (κ2) is 6.79. The molecule has 27 heavy (non-hydrogen) atoms. The highest BCUT2D eigenvalue weighted by atomic mass is 19.1. The SMILES string of the molecule is O=CC(=O)N(c1ncn[nH]1)c1cn(Cc2ccc(F)cc2)c2ncccc12. The zero-order chi connectivity index (χ0) is 18.8. The molecule has 0 aliphatic rings. The van der Waals surface area contributed by atoms with Crippen molar-refractivity contribution in [2.75, 3.05) is 4.90 Å². The Hall–Kier alpha value is -3.88. The van der Waals surface area contributed by atoms with E-state index in [1.165, 1.54) is 18.5 Å². The molecule has 3 heterocycles. The van der Waals surface area contributed by atoms with E-state index >= 15 is 0 Å². The Morgan fingerprint density at radius 2 is 2.04 bits per heavy atom. The molecule has 0 unspecified atom stereocenters. The van der Waals surface area contributed by atoms with Crippen LogP contribution >= 0.6 is 0 Å². The highest BCUT2D eigenvalue weighted by Gasteiger charge is 2.24. The van der Waals surface area contributed by atoms with Crippen LogP contribution in [0.15, 0.2) is 55.1 Å². The maximum atomic E-state index is 13.2. The topological polar surface area (TPSA) is 96.8 Å². The van der Waals surface area contributed by atoms with Crippen LogP contribution in [0.3, 0.4) is 0 Å². The van der Waals surface area contributed by atoms with Gasteiger partial charge in [0.05, 0.1) is 5.69 Å². The lowest BCUT2D eigenvalue weighted by Crippen LogP contribution is -2.27. The molecule has 134 valence electrons. The van der Waals surface area contributed by atoms with Crippen LogP contribution in [-0.4, -0.2) is 36.9 Å². The smallest absolute Gasteiger partial charge is 0.298 e. The Labute approximate surface area is 152 Å². The zero-order valence-corrected chi connectivity index (χ0v) is 13.9. The van der Waals surface area contributed by atoms with Crippen LogP contribution in [0.1, 0.15) is 5.56 Å². The lowest BCUT2D eigenvalue weighted by molar-refractivity contribution is -0.129. The molecule has 1 aromatic carbocycles. The van der Waals surface area contributed by atoms with Gasteiger partial charge in [-0.3, -0.25) is 9.59 Å². The third-order valence-corrected chi connectivity index (χ3v) is 4.06. The molecule has 1 N–H and O–H groups in total. The molecule has 0 atom stereocenters. The number of hydrogen-bond acceptors (Lipinski definition) is 5. The summed E-state index contributed by atoms with van der Waals surface area (Å²) in [7, 11) is 0. The van der Waals surface area contributed by atoms with Gasteiger partial charge < -0.3 is 4.57 Å². The van der Waals surface area contributed by atoms with Crippen LogP contribution in [0, 0.1) is 5.82 Å². The maximum absolute atomic E-state index is 13.2. The van der Waals surface area contributed by atoms with Gasteiger partial charge in [0.2, 0.25) is 12.2 Å². The maximum Gasteiger partial charge on any atom is 0.298 e. The second-order valence-electron chi connectivity index (χ2n) is 5.74. The fraction of sp³-hybridized carbons (Fsp3) is 0.0556. The molecular formula is C18H13FN6O2. The van der Waals surface area contributed by atoms with Crippen molar-refractivity contribution < 1.29 is 14.0 Å². The number of benzene rings is 1. The molecular weight excluding hydrogens is 351 g/mol. The molecule has 0 spiro atoms. The van der Waals surface area contributed by atoms with Crippen LogP contribution in [-0.2, 0) is 16.1 Å². The van der Waals surface area contributed by atoms with E-state index in [1.807, 2.05) is 4.57 Å². The number of aromatic nitrogens is 5. The fourth-order valence-electron chi connectivity index (χ4n) is 2.89. The minimum atomic E-state index is -0.795. The Bertz CT molecular complexity index is 1100. The predicted molar refractivity (Wildman–Crippen MR) is 94.8 cm³/mol. The number of fused-ring (bicyclic) bond motifs is 1. The summed E-state index contributed by atoms with van der Waals surface area (Å²) in [6, 6.07) is 9.64. The number of aromatic amines is 1. The van der Waals surface area contributed by atoms with Gasteiger partial charge in [-0.1, -0.05) is 12.1 Å². The van der Waals surface area contributed by atoms with Gasteiger partial charge in [-0.2, -0.15) is 10.1 Å². The first-order chi connectivity index (χ1) is 13.2. The second-order valence-corrected chi connectivity index (χ2v) is 5.74. The van der Waals surface area contributed by atoms with Crippen molar-refractivity contribution in [1.82, 2.24) is 24.7 Å². The molecule has 1 amide bonds. The Kier molecular flexibility index (Phi) is 4.17. The third-order valence-electron chi connectivity index (χ3n) is 4.06. The summed E-state index contributed by atoms with van der Waals surface area (Å²) < 4.78 is 15.0. The molecule has 4 aromatic rings. The Morgan fingerprint density at radius 1 is 1.22 bits per heavy atom. The highest BCUT2D eigenvalue weighted by Crippen LogP contribution is 2.32. The number of nitrogens with one attached hydrogen (secondary N) is 1. The molecule has 0 fully saturated rings. The fourth-order valence-corrected chi connectivity index (χ4v) is 2.89. The van der Waals surface area contributed by atoms with Gasteiger partial charge in [-0.15, -0.1) is 0 Å². The number of nitrogens with zero attached hydrogens (tertiary/aromatic N) is 5. The number of H-pyrrole nitrogens is 1. The molecule has 0 radical (unpaired) electrons. The summed E-state index contributed by atoms with van der Waals surface area (Å²) in [5.41, 5.74) is 1.91. The number of hydrogen-bond donors (Lipinski definition) is 1. The lowest BCUT2D eigenvalue weighted by atomic mass is 10.2. The van der Waals surface area contributed by atoms with E-state index in [0.717, 1.165) is 10.5 Å². The monoisotopic (exact) mass is 364 g/mol. The highest BCUT2D eigenvalue weighted by molar-refractivity contribution is 6.33. The molecule has 8 nitrogen and oxygen atoms in total. The number of carbonyl (C=O) groups is 2. The summed E-state index contributed by atoms with van der Waals surface area (Å²) in [4.78, 5) is 32.9. The van der Waals surface area contributed by atoms with Crippen LogP contribution < -0.4 is 4.90 Å². The van der Waals surface area contributed by atoms with Gasteiger partial charge in [-0.25, -0.2) is 19.4 Å². The molecule has 0 bridgehead atoms. The first-order valence-corrected chi connectivity index (χ1v) is 8.00. The summed E-state index contributed by atoms with van der Waals surface area (Å²) in [5, 5.41) is 7.00. The zero-order valence-electron chi connectivity index (χ0n) is 13.9. The largest absolute Gasteiger partial charge is 0.326 e. The Balaban J connectivity index is 1.84. The van der Waals surface area contributed by atoms with Crippen molar-refractivity contribution in [3.63, 3.8) is 0 Å². The van der Waals surface area contributed by atoms with Gasteiger partial charge in [0.1, 0.15) is 17.8 Å². The van der Waals surface area contributed by atoms with E-state index in [0.29, 0.717) is 23.3 Å². The molecule has 9 heteroatoms. The normalized spacial score (nSPS) is 10.9. The van der Waals surface area contributed by atoms with Gasteiger partial charge in [0, 0.05) is 24.3 Å². The van der Waals surface area contributed by atoms with Crippen LogP contribution in [0.5, 0.6) is 0 Å². The molecule has 0 aliphatic heterocycles. The number of aldehydes is 1. The number of carbonyl (C=O) groups excluding carboxylic acids is 2. The molecule has 3 aromatic heterocycles. The minimum Gasteiger partial charge on any atom is -0.326 e. The van der Waals surface area contributed by atoms with Crippen molar-refractivity contribution in [3.8, 4) is 0 Å². The number of amides is 1. The van der Waals surface area contributed by atoms with Gasteiger partial charge >= 0.3 is 0 Å². The van der Waals surface area contributed by atoms with Gasteiger partial charge in [0.25, 0.3) is 5.91 Å². The number of pyridine rings is 1. The molecule has 0 saturated heterocycles.